The summed E-state index contributed by atoms with van der Waals surface area (Å²) < 4.78 is 0. The highest BCUT2D eigenvalue weighted by Gasteiger charge is 2.18. The van der Waals surface area contributed by atoms with E-state index in [0.717, 1.165) is 25.1 Å². The summed E-state index contributed by atoms with van der Waals surface area (Å²) in [6.45, 7) is 7.53. The van der Waals surface area contributed by atoms with Crippen molar-refractivity contribution in [2.45, 2.75) is 45.7 Å². The van der Waals surface area contributed by atoms with Gasteiger partial charge in [-0.15, -0.1) is 0 Å². The zero-order valence-electron chi connectivity index (χ0n) is 10.0. The molecule has 3 N–H and O–H groups in total. The van der Waals surface area contributed by atoms with Gasteiger partial charge in [0.05, 0.1) is 0 Å². The first-order valence-corrected chi connectivity index (χ1v) is 5.69. The predicted molar refractivity (Wildman–Crippen MR) is 66.7 cm³/mol. The second kappa shape index (κ2) is 5.17. The number of benzene rings is 1. The Morgan fingerprint density at radius 2 is 1.80 bits per heavy atom. The Labute approximate surface area is 92.9 Å². The van der Waals surface area contributed by atoms with E-state index in [0.29, 0.717) is 0 Å². The van der Waals surface area contributed by atoms with E-state index in [9.17, 15) is 0 Å². The zero-order valence-corrected chi connectivity index (χ0v) is 10.0. The van der Waals surface area contributed by atoms with Crippen LogP contribution in [-0.4, -0.2) is 5.54 Å². The van der Waals surface area contributed by atoms with Crippen LogP contribution >= 0.6 is 0 Å². The van der Waals surface area contributed by atoms with Gasteiger partial charge < -0.3 is 11.1 Å². The molecule has 0 aliphatic rings. The first kappa shape index (κ1) is 12.1. The molecule has 0 spiro atoms. The van der Waals surface area contributed by atoms with Gasteiger partial charge >= 0.3 is 0 Å². The van der Waals surface area contributed by atoms with Crippen LogP contribution in [0, 0.1) is 0 Å². The highest BCUT2D eigenvalue weighted by molar-refractivity contribution is 5.46. The van der Waals surface area contributed by atoms with Gasteiger partial charge in [0, 0.05) is 17.8 Å². The number of para-hydroxylation sites is 1. The second-order valence-electron chi connectivity index (χ2n) is 4.32. The van der Waals surface area contributed by atoms with E-state index in [4.69, 9.17) is 5.73 Å². The largest absolute Gasteiger partial charge is 0.398 e. The number of nitrogens with two attached hydrogens (primary N) is 1. The van der Waals surface area contributed by atoms with E-state index in [1.807, 2.05) is 18.2 Å². The van der Waals surface area contributed by atoms with Gasteiger partial charge in [-0.1, -0.05) is 32.0 Å². The fourth-order valence-electron chi connectivity index (χ4n) is 1.50. The maximum Gasteiger partial charge on any atom is 0.0359 e. The van der Waals surface area contributed by atoms with Crippen molar-refractivity contribution in [3.8, 4) is 0 Å². The average molecular weight is 206 g/mol. The van der Waals surface area contributed by atoms with Crippen molar-refractivity contribution in [2.24, 2.45) is 0 Å². The third kappa shape index (κ3) is 3.24. The van der Waals surface area contributed by atoms with E-state index in [-0.39, 0.29) is 5.54 Å². The Kier molecular flexibility index (Phi) is 4.15. The molecule has 0 amide bonds. The molecule has 1 aromatic rings. The summed E-state index contributed by atoms with van der Waals surface area (Å²) in [6, 6.07) is 8.03. The highest BCUT2D eigenvalue weighted by Crippen LogP contribution is 2.16. The van der Waals surface area contributed by atoms with Crippen LogP contribution in [0.2, 0.25) is 0 Å². The fourth-order valence-corrected chi connectivity index (χ4v) is 1.50. The Morgan fingerprint density at radius 1 is 1.20 bits per heavy atom. The van der Waals surface area contributed by atoms with E-state index in [1.54, 1.807) is 0 Å². The molecule has 0 radical (unpaired) electrons. The lowest BCUT2D eigenvalue weighted by atomic mass is 9.95. The molecule has 0 aliphatic carbocycles. The molecule has 15 heavy (non-hydrogen) atoms. The minimum Gasteiger partial charge on any atom is -0.398 e. The average Bonchev–Trinajstić information content (AvgIpc) is 2.28. The van der Waals surface area contributed by atoms with Crippen LogP contribution in [0.4, 0.5) is 5.69 Å². The lowest BCUT2D eigenvalue weighted by Crippen LogP contribution is -2.40. The Bertz CT molecular complexity index is 303. The lowest BCUT2D eigenvalue weighted by molar-refractivity contribution is 0.329. The first-order valence-electron chi connectivity index (χ1n) is 5.69. The topological polar surface area (TPSA) is 38.0 Å². The second-order valence-corrected chi connectivity index (χ2v) is 4.32. The number of anilines is 1. The SMILES string of the molecule is CCC(C)(CC)NCc1ccccc1N. The van der Waals surface area contributed by atoms with Crippen LogP contribution in [0.25, 0.3) is 0 Å². The number of hydrogen-bond acceptors (Lipinski definition) is 2. The van der Waals surface area contributed by atoms with Crippen molar-refractivity contribution in [2.75, 3.05) is 5.73 Å². The summed E-state index contributed by atoms with van der Waals surface area (Å²) in [5.74, 6) is 0. The van der Waals surface area contributed by atoms with Crippen molar-refractivity contribution in [3.05, 3.63) is 29.8 Å². The molecule has 0 saturated heterocycles. The molecular formula is C13H22N2. The van der Waals surface area contributed by atoms with Crippen molar-refractivity contribution < 1.29 is 0 Å². The molecule has 0 atom stereocenters. The summed E-state index contributed by atoms with van der Waals surface area (Å²) in [7, 11) is 0. The van der Waals surface area contributed by atoms with E-state index in [2.05, 4.69) is 32.2 Å². The number of nitrogens with one attached hydrogen (secondary N) is 1. The van der Waals surface area contributed by atoms with Gasteiger partial charge in [-0.3, -0.25) is 0 Å². The van der Waals surface area contributed by atoms with Crippen LogP contribution in [-0.2, 0) is 6.54 Å². The third-order valence-corrected chi connectivity index (χ3v) is 3.32. The van der Waals surface area contributed by atoms with Gasteiger partial charge in [0.25, 0.3) is 0 Å². The summed E-state index contributed by atoms with van der Waals surface area (Å²) in [5, 5.41) is 3.57. The van der Waals surface area contributed by atoms with Crippen molar-refractivity contribution in [1.82, 2.24) is 5.32 Å². The molecule has 2 nitrogen and oxygen atoms in total. The monoisotopic (exact) mass is 206 g/mol. The predicted octanol–water partition coefficient (Wildman–Crippen LogP) is 2.94. The van der Waals surface area contributed by atoms with E-state index < -0.39 is 0 Å². The lowest BCUT2D eigenvalue weighted by Gasteiger charge is -2.28. The maximum absolute atomic E-state index is 5.89. The van der Waals surface area contributed by atoms with E-state index in [1.165, 1.54) is 5.56 Å². The summed E-state index contributed by atoms with van der Waals surface area (Å²) in [5.41, 5.74) is 8.18. The van der Waals surface area contributed by atoms with Gasteiger partial charge in [-0.25, -0.2) is 0 Å². The fraction of sp³-hybridized carbons (Fsp3) is 0.538. The molecule has 0 aromatic heterocycles. The van der Waals surface area contributed by atoms with Crippen LogP contribution in [0.1, 0.15) is 39.2 Å². The number of hydrogen-bond donors (Lipinski definition) is 2. The van der Waals surface area contributed by atoms with Crippen molar-refractivity contribution in [1.29, 1.82) is 0 Å². The minimum atomic E-state index is 0.224. The van der Waals surface area contributed by atoms with E-state index >= 15 is 0 Å². The standard InChI is InChI=1S/C13H22N2/c1-4-13(3,5-2)15-10-11-8-6-7-9-12(11)14/h6-9,15H,4-5,10,14H2,1-3H3. The third-order valence-electron chi connectivity index (χ3n) is 3.32. The smallest absolute Gasteiger partial charge is 0.0359 e. The molecule has 0 unspecified atom stereocenters. The van der Waals surface area contributed by atoms with Crippen molar-refractivity contribution in [3.63, 3.8) is 0 Å². The van der Waals surface area contributed by atoms with Crippen LogP contribution in [0.5, 0.6) is 0 Å². The highest BCUT2D eigenvalue weighted by atomic mass is 15.0. The van der Waals surface area contributed by atoms with Crippen LogP contribution in [0.3, 0.4) is 0 Å². The quantitative estimate of drug-likeness (QED) is 0.727. The molecule has 0 aliphatic heterocycles. The molecule has 0 bridgehead atoms. The summed E-state index contributed by atoms with van der Waals surface area (Å²) in [6.07, 6.45) is 2.27. The number of rotatable bonds is 5. The minimum absolute atomic E-state index is 0.224. The molecule has 0 fully saturated rings. The molecule has 0 saturated carbocycles. The summed E-state index contributed by atoms with van der Waals surface area (Å²) >= 11 is 0. The van der Waals surface area contributed by atoms with Crippen LogP contribution in [0.15, 0.2) is 24.3 Å². The van der Waals surface area contributed by atoms with Crippen LogP contribution < -0.4 is 11.1 Å². The normalized spacial score (nSPS) is 11.7. The zero-order chi connectivity index (χ0) is 11.3. The summed E-state index contributed by atoms with van der Waals surface area (Å²) in [4.78, 5) is 0. The van der Waals surface area contributed by atoms with Gasteiger partial charge in [0.1, 0.15) is 0 Å². The maximum atomic E-state index is 5.89. The molecule has 1 rings (SSSR count). The Balaban J connectivity index is 2.61. The Hall–Kier alpha value is -1.02. The molecular weight excluding hydrogens is 184 g/mol. The molecule has 84 valence electrons. The van der Waals surface area contributed by atoms with Gasteiger partial charge in [0.15, 0.2) is 0 Å². The molecule has 0 heterocycles. The molecule has 1 aromatic carbocycles. The van der Waals surface area contributed by atoms with Crippen molar-refractivity contribution >= 4 is 5.69 Å². The Morgan fingerprint density at radius 3 is 2.33 bits per heavy atom. The molecule has 2 heteroatoms. The first-order chi connectivity index (χ1) is 7.11. The van der Waals surface area contributed by atoms with Gasteiger partial charge in [0.2, 0.25) is 0 Å². The van der Waals surface area contributed by atoms with Gasteiger partial charge in [-0.2, -0.15) is 0 Å². The number of nitrogen functional groups attached to an aromatic ring is 1. The van der Waals surface area contributed by atoms with Gasteiger partial charge in [-0.05, 0) is 31.4 Å².